The minimum Gasteiger partial charge on any atom is -0.384 e. The second kappa shape index (κ2) is 6.00. The predicted octanol–water partition coefficient (Wildman–Crippen LogP) is -0.403. The van der Waals surface area contributed by atoms with E-state index in [0.29, 0.717) is 6.54 Å². The lowest BCUT2D eigenvalue weighted by atomic mass is 10.2. The number of carbonyl (C=O) groups excluding carboxylic acids is 1. The highest BCUT2D eigenvalue weighted by Crippen LogP contribution is 2.08. The highest BCUT2D eigenvalue weighted by atomic mass is 32.1. The molecule has 0 aliphatic carbocycles. The fraction of sp³-hybridized carbons (Fsp3) is 0.500. The standard InChI is InChI=1S/C12H18N4O3S/c1-6(2)5-16-9(13)8(10(20)14-7(3)17)11(18)15(4)12(16)19/h6H,5,13H2,1-4H3,(H,14,17,20). The molecular weight excluding hydrogens is 280 g/mol. The van der Waals surface area contributed by atoms with Gasteiger partial charge in [0.05, 0.1) is 0 Å². The number of nitrogens with zero attached hydrogens (tertiary/aromatic N) is 2. The van der Waals surface area contributed by atoms with Gasteiger partial charge in [-0.1, -0.05) is 26.1 Å². The van der Waals surface area contributed by atoms with E-state index in [9.17, 15) is 14.4 Å². The maximum Gasteiger partial charge on any atom is 0.332 e. The fourth-order valence-electron chi connectivity index (χ4n) is 1.76. The zero-order chi connectivity index (χ0) is 15.6. The Labute approximate surface area is 121 Å². The van der Waals surface area contributed by atoms with E-state index in [1.165, 1.54) is 18.5 Å². The number of hydrogen-bond donors (Lipinski definition) is 2. The van der Waals surface area contributed by atoms with E-state index in [1.54, 1.807) is 0 Å². The van der Waals surface area contributed by atoms with Gasteiger partial charge in [-0.05, 0) is 5.92 Å². The summed E-state index contributed by atoms with van der Waals surface area (Å²) in [5, 5.41) is 2.35. The van der Waals surface area contributed by atoms with Gasteiger partial charge in [-0.25, -0.2) is 4.79 Å². The van der Waals surface area contributed by atoms with Gasteiger partial charge >= 0.3 is 5.69 Å². The molecule has 0 radical (unpaired) electrons. The minimum atomic E-state index is -0.619. The molecule has 0 unspecified atom stereocenters. The lowest BCUT2D eigenvalue weighted by Gasteiger charge is -2.17. The minimum absolute atomic E-state index is 0.0226. The molecule has 7 nitrogen and oxygen atoms in total. The molecule has 0 aliphatic heterocycles. The number of thiocarbonyl (C=S) groups is 1. The molecule has 20 heavy (non-hydrogen) atoms. The van der Waals surface area contributed by atoms with Crippen molar-refractivity contribution in [2.24, 2.45) is 13.0 Å². The first-order chi connectivity index (χ1) is 9.16. The average Bonchev–Trinajstić information content (AvgIpc) is 2.31. The first kappa shape index (κ1) is 16.1. The van der Waals surface area contributed by atoms with Crippen molar-refractivity contribution in [2.75, 3.05) is 5.73 Å². The Morgan fingerprint density at radius 2 is 1.95 bits per heavy atom. The van der Waals surface area contributed by atoms with Gasteiger partial charge in [0.25, 0.3) is 5.56 Å². The molecule has 1 aromatic rings. The molecule has 1 rings (SSSR count). The SMILES string of the molecule is CC(=O)NC(=S)c1c(N)n(CC(C)C)c(=O)n(C)c1=O. The molecular formula is C12H18N4O3S. The molecule has 0 atom stereocenters. The van der Waals surface area contributed by atoms with Crippen LogP contribution in [0.1, 0.15) is 26.3 Å². The van der Waals surface area contributed by atoms with E-state index in [1.807, 2.05) is 13.8 Å². The van der Waals surface area contributed by atoms with Crippen LogP contribution in [0, 0.1) is 5.92 Å². The van der Waals surface area contributed by atoms with Crippen LogP contribution >= 0.6 is 12.2 Å². The van der Waals surface area contributed by atoms with Crippen LogP contribution in [0.5, 0.6) is 0 Å². The number of nitrogens with one attached hydrogen (secondary N) is 1. The molecule has 0 saturated heterocycles. The number of hydrogen-bond acceptors (Lipinski definition) is 5. The van der Waals surface area contributed by atoms with E-state index >= 15 is 0 Å². The van der Waals surface area contributed by atoms with Crippen LogP contribution in [0.25, 0.3) is 0 Å². The van der Waals surface area contributed by atoms with Gasteiger partial charge in [0.2, 0.25) is 5.91 Å². The molecule has 0 aromatic carbocycles. The van der Waals surface area contributed by atoms with E-state index in [0.717, 1.165) is 4.57 Å². The van der Waals surface area contributed by atoms with Crippen molar-refractivity contribution in [1.82, 2.24) is 14.5 Å². The van der Waals surface area contributed by atoms with Crippen LogP contribution in [-0.2, 0) is 18.4 Å². The number of amides is 1. The summed E-state index contributed by atoms with van der Waals surface area (Å²) in [7, 11) is 1.35. The van der Waals surface area contributed by atoms with Crippen LogP contribution in [0.2, 0.25) is 0 Å². The Hall–Kier alpha value is -1.96. The Morgan fingerprint density at radius 3 is 2.40 bits per heavy atom. The predicted molar refractivity (Wildman–Crippen MR) is 80.7 cm³/mol. The van der Waals surface area contributed by atoms with Crippen molar-refractivity contribution in [3.05, 3.63) is 26.4 Å². The number of nitrogen functional groups attached to an aromatic ring is 1. The Bertz CT molecular complexity index is 673. The Kier molecular flexibility index (Phi) is 4.83. The van der Waals surface area contributed by atoms with Crippen molar-refractivity contribution in [3.8, 4) is 0 Å². The van der Waals surface area contributed by atoms with Crippen molar-refractivity contribution in [1.29, 1.82) is 0 Å². The summed E-state index contributed by atoms with van der Waals surface area (Å²) >= 11 is 5.01. The van der Waals surface area contributed by atoms with Crippen LogP contribution < -0.4 is 22.3 Å². The number of aromatic nitrogens is 2. The number of anilines is 1. The lowest BCUT2D eigenvalue weighted by molar-refractivity contribution is -0.117. The Morgan fingerprint density at radius 1 is 1.40 bits per heavy atom. The van der Waals surface area contributed by atoms with Gasteiger partial charge in [0, 0.05) is 20.5 Å². The van der Waals surface area contributed by atoms with Crippen molar-refractivity contribution < 1.29 is 4.79 Å². The molecule has 0 fully saturated rings. The lowest BCUT2D eigenvalue weighted by Crippen LogP contribution is -2.45. The van der Waals surface area contributed by atoms with Crippen molar-refractivity contribution in [3.63, 3.8) is 0 Å². The van der Waals surface area contributed by atoms with E-state index < -0.39 is 17.2 Å². The van der Waals surface area contributed by atoms with Crippen LogP contribution in [0.3, 0.4) is 0 Å². The maximum atomic E-state index is 12.1. The summed E-state index contributed by atoms with van der Waals surface area (Å²) in [5.41, 5.74) is 4.74. The second-order valence-corrected chi connectivity index (χ2v) is 5.33. The molecule has 0 aliphatic rings. The van der Waals surface area contributed by atoms with Gasteiger partial charge in [0.1, 0.15) is 16.4 Å². The van der Waals surface area contributed by atoms with E-state index in [-0.39, 0.29) is 22.3 Å². The molecule has 0 spiro atoms. The van der Waals surface area contributed by atoms with Crippen molar-refractivity contribution >= 4 is 28.9 Å². The summed E-state index contributed by atoms with van der Waals surface area (Å²) in [6, 6.07) is 0. The third kappa shape index (κ3) is 3.13. The maximum absolute atomic E-state index is 12.1. The second-order valence-electron chi connectivity index (χ2n) is 4.92. The molecule has 1 amide bonds. The summed E-state index contributed by atoms with van der Waals surface area (Å²) in [6.45, 7) is 5.47. The van der Waals surface area contributed by atoms with E-state index in [2.05, 4.69) is 5.32 Å². The topological polar surface area (TPSA) is 99.1 Å². The molecule has 1 heterocycles. The smallest absolute Gasteiger partial charge is 0.332 e. The molecule has 0 saturated carbocycles. The van der Waals surface area contributed by atoms with Gasteiger partial charge in [-0.15, -0.1) is 0 Å². The highest BCUT2D eigenvalue weighted by Gasteiger charge is 2.19. The number of carbonyl (C=O) groups is 1. The molecule has 8 heteroatoms. The number of rotatable bonds is 3. The normalized spacial score (nSPS) is 10.7. The van der Waals surface area contributed by atoms with Crippen LogP contribution in [-0.4, -0.2) is 20.0 Å². The van der Waals surface area contributed by atoms with Gasteiger partial charge in [-0.2, -0.15) is 0 Å². The monoisotopic (exact) mass is 298 g/mol. The van der Waals surface area contributed by atoms with E-state index in [4.69, 9.17) is 18.0 Å². The largest absolute Gasteiger partial charge is 0.384 e. The summed E-state index contributed by atoms with van der Waals surface area (Å²) < 4.78 is 2.22. The third-order valence-corrected chi connectivity index (χ3v) is 2.95. The van der Waals surface area contributed by atoms with Gasteiger partial charge < -0.3 is 11.1 Å². The van der Waals surface area contributed by atoms with Crippen LogP contribution in [0.4, 0.5) is 5.82 Å². The zero-order valence-electron chi connectivity index (χ0n) is 11.9. The molecule has 3 N–H and O–H groups in total. The first-order valence-electron chi connectivity index (χ1n) is 6.08. The highest BCUT2D eigenvalue weighted by molar-refractivity contribution is 7.80. The average molecular weight is 298 g/mol. The molecule has 110 valence electrons. The quantitative estimate of drug-likeness (QED) is 0.740. The van der Waals surface area contributed by atoms with Gasteiger partial charge in [0.15, 0.2) is 0 Å². The molecule has 1 aromatic heterocycles. The number of nitrogens with two attached hydrogens (primary N) is 1. The summed E-state index contributed by atoms with van der Waals surface area (Å²) in [4.78, 5) is 35.1. The summed E-state index contributed by atoms with van der Waals surface area (Å²) in [6.07, 6.45) is 0. The van der Waals surface area contributed by atoms with Gasteiger partial charge in [-0.3, -0.25) is 18.7 Å². The molecule has 0 bridgehead atoms. The Balaban J connectivity index is 3.57. The first-order valence-corrected chi connectivity index (χ1v) is 6.48. The third-order valence-electron chi connectivity index (χ3n) is 2.65. The zero-order valence-corrected chi connectivity index (χ0v) is 12.7. The fourth-order valence-corrected chi connectivity index (χ4v) is 2.10. The van der Waals surface area contributed by atoms with Crippen molar-refractivity contribution in [2.45, 2.75) is 27.3 Å². The summed E-state index contributed by atoms with van der Waals surface area (Å²) in [5.74, 6) is -0.265. The van der Waals surface area contributed by atoms with Crippen LogP contribution in [0.15, 0.2) is 9.59 Å².